The van der Waals surface area contributed by atoms with Crippen molar-refractivity contribution < 1.29 is 18.9 Å². The normalized spacial score (nSPS) is 10.7. The summed E-state index contributed by atoms with van der Waals surface area (Å²) in [6.45, 7) is 7.97. The maximum Gasteiger partial charge on any atom is 0.191 e. The van der Waals surface area contributed by atoms with Crippen LogP contribution in [0.2, 0.25) is 0 Å². The van der Waals surface area contributed by atoms with Crippen LogP contribution in [0.25, 0.3) is 0 Å². The lowest BCUT2D eigenvalue weighted by Gasteiger charge is -2.18. The fourth-order valence-corrected chi connectivity index (χ4v) is 1.52. The monoisotopic (exact) mass is 254 g/mol. The molecule has 4 heteroatoms. The van der Waals surface area contributed by atoms with Crippen LogP contribution in [0.5, 0.6) is 11.5 Å². The smallest absolute Gasteiger partial charge is 0.191 e. The molecular formula is C14H22O4. The molecule has 0 radical (unpaired) electrons. The lowest BCUT2D eigenvalue weighted by atomic mass is 10.3. The van der Waals surface area contributed by atoms with Gasteiger partial charge in [-0.25, -0.2) is 0 Å². The van der Waals surface area contributed by atoms with Crippen LogP contribution in [-0.4, -0.2) is 32.7 Å². The highest BCUT2D eigenvalue weighted by Gasteiger charge is 2.11. The molecule has 0 aromatic heterocycles. The van der Waals surface area contributed by atoms with E-state index < -0.39 is 0 Å². The SMILES string of the molecule is CCOc1ccccc1OCC(OCC)OCC. The van der Waals surface area contributed by atoms with Crippen molar-refractivity contribution in [2.75, 3.05) is 26.4 Å². The molecule has 1 aromatic rings. The zero-order chi connectivity index (χ0) is 13.2. The van der Waals surface area contributed by atoms with Gasteiger partial charge in [0.15, 0.2) is 17.8 Å². The van der Waals surface area contributed by atoms with E-state index in [1.165, 1.54) is 0 Å². The molecule has 0 bridgehead atoms. The molecular weight excluding hydrogens is 232 g/mol. The van der Waals surface area contributed by atoms with Gasteiger partial charge in [0.25, 0.3) is 0 Å². The first-order valence-electron chi connectivity index (χ1n) is 6.39. The summed E-state index contributed by atoms with van der Waals surface area (Å²) < 4.78 is 22.0. The van der Waals surface area contributed by atoms with Gasteiger partial charge in [0.05, 0.1) is 6.61 Å². The minimum Gasteiger partial charge on any atom is -0.490 e. The first-order valence-corrected chi connectivity index (χ1v) is 6.39. The van der Waals surface area contributed by atoms with Gasteiger partial charge in [0.1, 0.15) is 6.61 Å². The molecule has 0 fully saturated rings. The van der Waals surface area contributed by atoms with Crippen molar-refractivity contribution in [3.05, 3.63) is 24.3 Å². The summed E-state index contributed by atoms with van der Waals surface area (Å²) in [5.41, 5.74) is 0. The Kier molecular flexibility index (Phi) is 7.22. The van der Waals surface area contributed by atoms with Gasteiger partial charge >= 0.3 is 0 Å². The van der Waals surface area contributed by atoms with Crippen molar-refractivity contribution in [1.82, 2.24) is 0 Å². The predicted octanol–water partition coefficient (Wildman–Crippen LogP) is 2.86. The molecule has 102 valence electrons. The van der Waals surface area contributed by atoms with E-state index >= 15 is 0 Å². The molecule has 1 aromatic carbocycles. The third kappa shape index (κ3) is 4.94. The van der Waals surface area contributed by atoms with E-state index in [1.807, 2.05) is 45.0 Å². The van der Waals surface area contributed by atoms with Crippen molar-refractivity contribution in [2.24, 2.45) is 0 Å². The van der Waals surface area contributed by atoms with E-state index in [2.05, 4.69) is 0 Å². The molecule has 0 aliphatic rings. The molecule has 0 aliphatic carbocycles. The molecule has 1 rings (SSSR count). The summed E-state index contributed by atoms with van der Waals surface area (Å²) >= 11 is 0. The Hall–Kier alpha value is -1.26. The van der Waals surface area contributed by atoms with Crippen LogP contribution in [0.1, 0.15) is 20.8 Å². The van der Waals surface area contributed by atoms with Gasteiger partial charge < -0.3 is 18.9 Å². The Balaban J connectivity index is 2.54. The fourth-order valence-electron chi connectivity index (χ4n) is 1.52. The van der Waals surface area contributed by atoms with E-state index in [4.69, 9.17) is 18.9 Å². The van der Waals surface area contributed by atoms with Crippen LogP contribution < -0.4 is 9.47 Å². The van der Waals surface area contributed by atoms with Crippen LogP contribution in [0, 0.1) is 0 Å². The summed E-state index contributed by atoms with van der Waals surface area (Å²) in [5.74, 6) is 1.45. The Labute approximate surface area is 109 Å². The maximum atomic E-state index is 5.68. The predicted molar refractivity (Wildman–Crippen MR) is 70.1 cm³/mol. The molecule has 18 heavy (non-hydrogen) atoms. The zero-order valence-corrected chi connectivity index (χ0v) is 11.3. The molecule has 0 aliphatic heterocycles. The number of benzene rings is 1. The summed E-state index contributed by atoms with van der Waals surface area (Å²) in [6, 6.07) is 7.59. The molecule has 0 spiro atoms. The third-order valence-corrected chi connectivity index (χ3v) is 2.23. The van der Waals surface area contributed by atoms with Crippen LogP contribution in [0.15, 0.2) is 24.3 Å². The summed E-state index contributed by atoms with van der Waals surface area (Å²) in [7, 11) is 0. The standard InChI is InChI=1S/C14H22O4/c1-4-15-12-9-7-8-10-13(12)18-11-14(16-5-2)17-6-3/h7-10,14H,4-6,11H2,1-3H3. The number of para-hydroxylation sites is 2. The Morgan fingerprint density at radius 3 is 1.89 bits per heavy atom. The topological polar surface area (TPSA) is 36.9 Å². The summed E-state index contributed by atoms with van der Waals surface area (Å²) in [6.07, 6.45) is -0.338. The van der Waals surface area contributed by atoms with Crippen LogP contribution in [0.4, 0.5) is 0 Å². The molecule has 0 saturated heterocycles. The average molecular weight is 254 g/mol. The number of hydrogen-bond donors (Lipinski definition) is 0. The van der Waals surface area contributed by atoms with Gasteiger partial charge in [-0.05, 0) is 32.9 Å². The van der Waals surface area contributed by atoms with E-state index in [0.717, 1.165) is 5.75 Å². The second-order valence-corrected chi connectivity index (χ2v) is 3.53. The maximum absolute atomic E-state index is 5.68. The first-order chi connectivity index (χ1) is 8.81. The van der Waals surface area contributed by atoms with Crippen LogP contribution in [-0.2, 0) is 9.47 Å². The number of hydrogen-bond acceptors (Lipinski definition) is 4. The highest BCUT2D eigenvalue weighted by molar-refractivity contribution is 5.39. The Bertz CT molecular complexity index is 321. The number of rotatable bonds is 9. The van der Waals surface area contributed by atoms with Crippen LogP contribution in [0.3, 0.4) is 0 Å². The highest BCUT2D eigenvalue weighted by atomic mass is 16.7. The second kappa shape index (κ2) is 8.78. The molecule has 0 amide bonds. The van der Waals surface area contributed by atoms with E-state index in [1.54, 1.807) is 0 Å². The highest BCUT2D eigenvalue weighted by Crippen LogP contribution is 2.26. The Morgan fingerprint density at radius 2 is 1.39 bits per heavy atom. The Morgan fingerprint density at radius 1 is 0.833 bits per heavy atom. The quantitative estimate of drug-likeness (QED) is 0.635. The fraction of sp³-hybridized carbons (Fsp3) is 0.571. The van der Waals surface area contributed by atoms with Crippen molar-refractivity contribution in [3.8, 4) is 11.5 Å². The zero-order valence-electron chi connectivity index (χ0n) is 11.3. The van der Waals surface area contributed by atoms with Crippen molar-refractivity contribution in [3.63, 3.8) is 0 Å². The van der Waals surface area contributed by atoms with Gasteiger partial charge in [0.2, 0.25) is 0 Å². The van der Waals surface area contributed by atoms with E-state index in [0.29, 0.717) is 32.2 Å². The molecule has 0 N–H and O–H groups in total. The van der Waals surface area contributed by atoms with Gasteiger partial charge in [0, 0.05) is 13.2 Å². The van der Waals surface area contributed by atoms with Crippen molar-refractivity contribution in [2.45, 2.75) is 27.1 Å². The molecule has 0 atom stereocenters. The van der Waals surface area contributed by atoms with Crippen molar-refractivity contribution in [1.29, 1.82) is 0 Å². The lowest BCUT2D eigenvalue weighted by Crippen LogP contribution is -2.25. The van der Waals surface area contributed by atoms with E-state index in [-0.39, 0.29) is 6.29 Å². The van der Waals surface area contributed by atoms with Gasteiger partial charge in [-0.1, -0.05) is 12.1 Å². The minimum atomic E-state index is -0.338. The molecule has 0 unspecified atom stereocenters. The van der Waals surface area contributed by atoms with Gasteiger partial charge in [-0.15, -0.1) is 0 Å². The van der Waals surface area contributed by atoms with Gasteiger partial charge in [-0.3, -0.25) is 0 Å². The molecule has 4 nitrogen and oxygen atoms in total. The molecule has 0 saturated carbocycles. The van der Waals surface area contributed by atoms with Gasteiger partial charge in [-0.2, -0.15) is 0 Å². The second-order valence-electron chi connectivity index (χ2n) is 3.53. The average Bonchev–Trinajstić information content (AvgIpc) is 2.38. The van der Waals surface area contributed by atoms with E-state index in [9.17, 15) is 0 Å². The number of ether oxygens (including phenoxy) is 4. The van der Waals surface area contributed by atoms with Crippen molar-refractivity contribution >= 4 is 0 Å². The largest absolute Gasteiger partial charge is 0.490 e. The van der Waals surface area contributed by atoms with Crippen LogP contribution >= 0.6 is 0 Å². The summed E-state index contributed by atoms with van der Waals surface area (Å²) in [5, 5.41) is 0. The third-order valence-electron chi connectivity index (χ3n) is 2.23. The lowest BCUT2D eigenvalue weighted by molar-refractivity contribution is -0.152. The molecule has 0 heterocycles. The first kappa shape index (κ1) is 14.8. The summed E-state index contributed by atoms with van der Waals surface area (Å²) in [4.78, 5) is 0. The minimum absolute atomic E-state index is 0.338.